The number of hydrogen-bond donors (Lipinski definition) is 0. The number of thiophene rings is 1. The van der Waals surface area contributed by atoms with Crippen molar-refractivity contribution in [3.63, 3.8) is 0 Å². The Morgan fingerprint density at radius 3 is 2.54 bits per heavy atom. The van der Waals surface area contributed by atoms with Gasteiger partial charge in [-0.1, -0.05) is 51.6 Å². The lowest BCUT2D eigenvalue weighted by atomic mass is 10.3. The number of halogens is 4. The van der Waals surface area contributed by atoms with Gasteiger partial charge < -0.3 is 14.3 Å². The van der Waals surface area contributed by atoms with E-state index in [1.54, 1.807) is 18.3 Å². The van der Waals surface area contributed by atoms with Gasteiger partial charge in [0.25, 0.3) is 0 Å². The molecule has 0 aliphatic rings. The molecule has 4 nitrogen and oxygen atoms in total. The number of oxime groups is 1. The number of benzene rings is 1. The molecule has 0 N–H and O–H groups in total. The monoisotopic (exact) mass is 453 g/mol. The number of nitrogens with zero attached hydrogens (tertiary/aromatic N) is 1. The molecule has 0 unspecified atom stereocenters. The third kappa shape index (κ3) is 6.89. The average molecular weight is 455 g/mol. The van der Waals surface area contributed by atoms with Crippen LogP contribution < -0.4 is 9.47 Å². The van der Waals surface area contributed by atoms with Gasteiger partial charge in [-0.2, -0.15) is 0 Å². The quantitative estimate of drug-likeness (QED) is 0.312. The van der Waals surface area contributed by atoms with Crippen LogP contribution in [0.4, 0.5) is 0 Å². The molecular formula is C17H15Cl4NO3S. The van der Waals surface area contributed by atoms with Crippen LogP contribution in [0.15, 0.2) is 40.0 Å². The number of rotatable bonds is 9. The molecule has 1 heterocycles. The van der Waals surface area contributed by atoms with E-state index in [1.165, 1.54) is 17.4 Å². The fourth-order valence-corrected chi connectivity index (χ4v) is 3.30. The van der Waals surface area contributed by atoms with E-state index in [-0.39, 0.29) is 11.1 Å². The maximum Gasteiger partial charge on any atom is 0.157 e. The van der Waals surface area contributed by atoms with Gasteiger partial charge in [0.2, 0.25) is 0 Å². The van der Waals surface area contributed by atoms with Gasteiger partial charge in [0, 0.05) is 21.9 Å². The highest BCUT2D eigenvalue weighted by molar-refractivity contribution is 7.13. The van der Waals surface area contributed by atoms with Crippen LogP contribution in [0.1, 0.15) is 16.7 Å². The summed E-state index contributed by atoms with van der Waals surface area (Å²) in [5.74, 6) is 0.883. The van der Waals surface area contributed by atoms with Crippen molar-refractivity contribution in [2.24, 2.45) is 5.16 Å². The Balaban J connectivity index is 1.98. The first-order chi connectivity index (χ1) is 12.5. The van der Waals surface area contributed by atoms with E-state index in [1.807, 2.05) is 19.1 Å². The summed E-state index contributed by atoms with van der Waals surface area (Å²) in [4.78, 5) is 6.90. The highest BCUT2D eigenvalue weighted by Crippen LogP contribution is 2.37. The number of hydrogen-bond acceptors (Lipinski definition) is 5. The summed E-state index contributed by atoms with van der Waals surface area (Å²) in [6.07, 6.45) is 3.17. The molecule has 1 aromatic carbocycles. The maximum atomic E-state index is 6.24. The van der Waals surface area contributed by atoms with Gasteiger partial charge >= 0.3 is 0 Å². The topological polar surface area (TPSA) is 40.0 Å². The second kappa shape index (κ2) is 10.9. The predicted molar refractivity (Wildman–Crippen MR) is 110 cm³/mol. The Hall–Kier alpha value is -1.11. The molecule has 140 valence electrons. The third-order valence-corrected chi connectivity index (χ3v) is 4.75. The molecule has 0 saturated heterocycles. The van der Waals surface area contributed by atoms with E-state index in [2.05, 4.69) is 5.16 Å². The van der Waals surface area contributed by atoms with Crippen LogP contribution in [0.2, 0.25) is 10.0 Å². The highest BCUT2D eigenvalue weighted by atomic mass is 35.5. The SMILES string of the molecule is CCON=Cc1ccc(COc2c(Cl)cc(OCC=C(Cl)Cl)cc2Cl)s1. The Morgan fingerprint density at radius 2 is 1.88 bits per heavy atom. The zero-order chi connectivity index (χ0) is 18.9. The van der Waals surface area contributed by atoms with Crippen LogP contribution in [0.3, 0.4) is 0 Å². The van der Waals surface area contributed by atoms with E-state index in [0.29, 0.717) is 34.8 Å². The van der Waals surface area contributed by atoms with Crippen LogP contribution in [0, 0.1) is 0 Å². The fourth-order valence-electron chi connectivity index (χ4n) is 1.81. The Labute approximate surface area is 175 Å². The van der Waals surface area contributed by atoms with Gasteiger partial charge in [0.05, 0.1) is 16.3 Å². The Bertz CT molecular complexity index is 765. The van der Waals surface area contributed by atoms with Crippen LogP contribution >= 0.6 is 57.7 Å². The van der Waals surface area contributed by atoms with Gasteiger partial charge in [-0.3, -0.25) is 0 Å². The van der Waals surface area contributed by atoms with E-state index in [0.717, 1.165) is 9.75 Å². The zero-order valence-electron chi connectivity index (χ0n) is 13.7. The van der Waals surface area contributed by atoms with Crippen molar-refractivity contribution in [1.82, 2.24) is 0 Å². The van der Waals surface area contributed by atoms with Crippen molar-refractivity contribution < 1.29 is 14.3 Å². The fraction of sp³-hybridized carbons (Fsp3) is 0.235. The van der Waals surface area contributed by atoms with E-state index in [4.69, 9.17) is 60.7 Å². The molecule has 0 saturated carbocycles. The first-order valence-electron chi connectivity index (χ1n) is 7.49. The normalized spacial score (nSPS) is 10.8. The largest absolute Gasteiger partial charge is 0.489 e. The van der Waals surface area contributed by atoms with Crippen LogP contribution in [0.5, 0.6) is 11.5 Å². The minimum absolute atomic E-state index is 0.128. The van der Waals surface area contributed by atoms with Crippen LogP contribution in [-0.2, 0) is 11.4 Å². The van der Waals surface area contributed by atoms with Gasteiger partial charge in [0.1, 0.15) is 30.1 Å². The Morgan fingerprint density at radius 1 is 1.15 bits per heavy atom. The van der Waals surface area contributed by atoms with Crippen LogP contribution in [-0.4, -0.2) is 19.4 Å². The summed E-state index contributed by atoms with van der Waals surface area (Å²) in [6, 6.07) is 7.11. The van der Waals surface area contributed by atoms with E-state index >= 15 is 0 Å². The summed E-state index contributed by atoms with van der Waals surface area (Å²) in [5.41, 5.74) is 0. The lowest BCUT2D eigenvalue weighted by molar-refractivity contribution is 0.160. The van der Waals surface area contributed by atoms with Crippen molar-refractivity contribution in [2.75, 3.05) is 13.2 Å². The summed E-state index contributed by atoms with van der Waals surface area (Å²) in [6.45, 7) is 2.94. The molecule has 2 rings (SSSR count). The van der Waals surface area contributed by atoms with Crippen molar-refractivity contribution in [2.45, 2.75) is 13.5 Å². The summed E-state index contributed by atoms with van der Waals surface area (Å²) < 4.78 is 11.3. The summed E-state index contributed by atoms with van der Waals surface area (Å²) >= 11 is 25.1. The molecule has 0 aliphatic carbocycles. The standard InChI is InChI=1S/C17H15Cl4NO3S/c1-2-25-22-9-12-3-4-13(26-12)10-24-17-14(18)7-11(8-15(17)19)23-6-5-16(20)21/h3-5,7-9H,2,6,10H2,1H3. The summed E-state index contributed by atoms with van der Waals surface area (Å²) in [7, 11) is 0. The first kappa shape index (κ1) is 21.2. The third-order valence-electron chi connectivity index (χ3n) is 2.88. The molecule has 0 aliphatic heterocycles. The van der Waals surface area contributed by atoms with E-state index < -0.39 is 0 Å². The molecule has 0 atom stereocenters. The van der Waals surface area contributed by atoms with Gasteiger partial charge in [-0.05, 0) is 25.1 Å². The molecule has 0 amide bonds. The Kier molecular flexibility index (Phi) is 8.88. The maximum absolute atomic E-state index is 6.24. The molecule has 0 fully saturated rings. The molecule has 0 bridgehead atoms. The van der Waals surface area contributed by atoms with E-state index in [9.17, 15) is 0 Å². The van der Waals surface area contributed by atoms with Crippen molar-refractivity contribution in [1.29, 1.82) is 0 Å². The molecule has 0 spiro atoms. The van der Waals surface area contributed by atoms with Gasteiger partial charge in [-0.15, -0.1) is 11.3 Å². The number of ether oxygens (including phenoxy) is 2. The molecule has 2 aromatic rings. The molecule has 1 aromatic heterocycles. The van der Waals surface area contributed by atoms with Gasteiger partial charge in [-0.25, -0.2) is 0 Å². The lowest BCUT2D eigenvalue weighted by Gasteiger charge is -2.11. The highest BCUT2D eigenvalue weighted by Gasteiger charge is 2.11. The minimum atomic E-state index is 0.128. The average Bonchev–Trinajstić information content (AvgIpc) is 3.02. The molecule has 26 heavy (non-hydrogen) atoms. The minimum Gasteiger partial charge on any atom is -0.489 e. The molecule has 9 heteroatoms. The predicted octanol–water partition coefficient (Wildman–Crippen LogP) is 6.70. The summed E-state index contributed by atoms with van der Waals surface area (Å²) in [5, 5.41) is 4.53. The lowest BCUT2D eigenvalue weighted by Crippen LogP contribution is -1.97. The smallest absolute Gasteiger partial charge is 0.157 e. The molecular weight excluding hydrogens is 440 g/mol. The van der Waals surface area contributed by atoms with Gasteiger partial charge in [0.15, 0.2) is 5.75 Å². The second-order valence-electron chi connectivity index (χ2n) is 4.77. The van der Waals surface area contributed by atoms with Crippen molar-refractivity contribution in [3.05, 3.63) is 54.6 Å². The van der Waals surface area contributed by atoms with Crippen molar-refractivity contribution in [3.8, 4) is 11.5 Å². The zero-order valence-corrected chi connectivity index (χ0v) is 17.5. The molecule has 0 radical (unpaired) electrons. The van der Waals surface area contributed by atoms with Crippen LogP contribution in [0.25, 0.3) is 0 Å². The second-order valence-corrected chi connectivity index (χ2v) is 7.79. The van der Waals surface area contributed by atoms with Crippen molar-refractivity contribution >= 4 is 64.0 Å². The first-order valence-corrected chi connectivity index (χ1v) is 9.82.